The van der Waals surface area contributed by atoms with Crippen LogP contribution in [-0.2, 0) is 16.0 Å². The number of aryl methyl sites for hydroxylation is 1. The molecule has 0 aliphatic carbocycles. The van der Waals surface area contributed by atoms with Crippen molar-refractivity contribution in [1.29, 1.82) is 0 Å². The second kappa shape index (κ2) is 6.69. The van der Waals surface area contributed by atoms with Crippen LogP contribution in [-0.4, -0.2) is 43.5 Å². The zero-order chi connectivity index (χ0) is 14.5. The number of nitrogens with two attached hydrogens (primary N) is 1. The van der Waals surface area contributed by atoms with Gasteiger partial charge in [-0.2, -0.15) is 0 Å². The number of ether oxygens (including phenoxy) is 2. The molecule has 0 saturated carbocycles. The number of benzene rings is 1. The minimum Gasteiger partial charge on any atom is -0.486 e. The Morgan fingerprint density at radius 1 is 1.45 bits per heavy atom. The van der Waals surface area contributed by atoms with Crippen LogP contribution in [0.5, 0.6) is 5.75 Å². The molecule has 2 atom stereocenters. The Balaban J connectivity index is 2.07. The molecule has 2 unspecified atom stereocenters. The number of amides is 1. The Labute approximate surface area is 117 Å². The van der Waals surface area contributed by atoms with Crippen molar-refractivity contribution in [3.05, 3.63) is 23.8 Å². The molecule has 1 aromatic carbocycles. The van der Waals surface area contributed by atoms with E-state index >= 15 is 0 Å². The molecule has 1 aliphatic rings. The van der Waals surface area contributed by atoms with Gasteiger partial charge in [0.1, 0.15) is 11.9 Å². The van der Waals surface area contributed by atoms with Gasteiger partial charge < -0.3 is 25.6 Å². The normalized spacial score (nSPS) is 17.1. The van der Waals surface area contributed by atoms with Gasteiger partial charge in [0.2, 0.25) is 5.91 Å². The summed E-state index contributed by atoms with van der Waals surface area (Å²) in [7, 11) is 1.55. The molecule has 0 saturated heterocycles. The molecule has 6 nitrogen and oxygen atoms in total. The van der Waals surface area contributed by atoms with Gasteiger partial charge in [-0.3, -0.25) is 4.79 Å². The summed E-state index contributed by atoms with van der Waals surface area (Å²) < 4.78 is 10.7. The fourth-order valence-electron chi connectivity index (χ4n) is 2.17. The summed E-state index contributed by atoms with van der Waals surface area (Å²) in [5.74, 6) is 0.659. The number of rotatable bonds is 6. The summed E-state index contributed by atoms with van der Waals surface area (Å²) in [5.41, 5.74) is 7.72. The summed E-state index contributed by atoms with van der Waals surface area (Å²) >= 11 is 0. The third-order valence-corrected chi connectivity index (χ3v) is 3.28. The molecule has 0 radical (unpaired) electrons. The number of anilines is 1. The summed E-state index contributed by atoms with van der Waals surface area (Å²) in [6.07, 6.45) is 0.640. The summed E-state index contributed by atoms with van der Waals surface area (Å²) in [6, 6.07) is 5.03. The lowest BCUT2D eigenvalue weighted by atomic mass is 10.0. The van der Waals surface area contributed by atoms with Crippen LogP contribution < -0.4 is 15.8 Å². The molecule has 110 valence electrons. The third-order valence-electron chi connectivity index (χ3n) is 3.28. The van der Waals surface area contributed by atoms with Gasteiger partial charge in [0.05, 0.1) is 19.3 Å². The average Bonchev–Trinajstić information content (AvgIpc) is 2.45. The van der Waals surface area contributed by atoms with Crippen LogP contribution in [0.15, 0.2) is 18.2 Å². The van der Waals surface area contributed by atoms with E-state index < -0.39 is 12.1 Å². The minimum absolute atomic E-state index is 0.0292. The van der Waals surface area contributed by atoms with E-state index in [1.165, 1.54) is 0 Å². The standard InChI is InChI=1S/C14H20N2O4/c1-19-8-11(15)13(7-17)20-10-3-4-12-9(6-10)2-5-14(18)16-12/h3-4,6,11,13,17H,2,5,7-8,15H2,1H3,(H,16,18). The van der Waals surface area contributed by atoms with E-state index in [9.17, 15) is 9.90 Å². The molecule has 0 bridgehead atoms. The molecule has 1 aromatic rings. The van der Waals surface area contributed by atoms with Crippen LogP contribution in [0.2, 0.25) is 0 Å². The highest BCUT2D eigenvalue weighted by molar-refractivity contribution is 5.93. The number of hydrogen-bond donors (Lipinski definition) is 3. The second-order valence-corrected chi connectivity index (χ2v) is 4.83. The maximum Gasteiger partial charge on any atom is 0.224 e. The zero-order valence-corrected chi connectivity index (χ0v) is 11.5. The van der Waals surface area contributed by atoms with Crippen LogP contribution in [0.25, 0.3) is 0 Å². The third kappa shape index (κ3) is 3.47. The number of carbonyl (C=O) groups excluding carboxylic acids is 1. The molecule has 1 aliphatic heterocycles. The zero-order valence-electron chi connectivity index (χ0n) is 11.5. The van der Waals surface area contributed by atoms with Gasteiger partial charge in [-0.1, -0.05) is 0 Å². The maximum absolute atomic E-state index is 11.3. The summed E-state index contributed by atoms with van der Waals surface area (Å²) in [6.45, 7) is 0.130. The van der Waals surface area contributed by atoms with E-state index in [4.69, 9.17) is 15.2 Å². The molecule has 6 heteroatoms. The van der Waals surface area contributed by atoms with Crippen molar-refractivity contribution in [3.63, 3.8) is 0 Å². The fraction of sp³-hybridized carbons (Fsp3) is 0.500. The molecule has 4 N–H and O–H groups in total. The van der Waals surface area contributed by atoms with E-state index in [1.807, 2.05) is 6.07 Å². The predicted octanol–water partition coefficient (Wildman–Crippen LogP) is 0.285. The lowest BCUT2D eigenvalue weighted by molar-refractivity contribution is -0.116. The van der Waals surface area contributed by atoms with Gasteiger partial charge in [0.25, 0.3) is 0 Å². The Morgan fingerprint density at radius 2 is 2.25 bits per heavy atom. The molecule has 0 spiro atoms. The number of nitrogens with one attached hydrogen (secondary N) is 1. The first-order valence-electron chi connectivity index (χ1n) is 6.59. The van der Waals surface area contributed by atoms with E-state index in [0.29, 0.717) is 25.2 Å². The van der Waals surface area contributed by atoms with Crippen molar-refractivity contribution in [1.82, 2.24) is 0 Å². The molecule has 20 heavy (non-hydrogen) atoms. The van der Waals surface area contributed by atoms with Crippen LogP contribution in [0, 0.1) is 0 Å². The largest absolute Gasteiger partial charge is 0.486 e. The van der Waals surface area contributed by atoms with Crippen molar-refractivity contribution in [2.45, 2.75) is 25.0 Å². The number of hydrogen-bond acceptors (Lipinski definition) is 5. The highest BCUT2D eigenvalue weighted by atomic mass is 16.5. The molecular formula is C14H20N2O4. The minimum atomic E-state index is -0.522. The number of methoxy groups -OCH3 is 1. The van der Waals surface area contributed by atoms with Gasteiger partial charge in [0, 0.05) is 19.2 Å². The Hall–Kier alpha value is -1.63. The molecule has 1 heterocycles. The van der Waals surface area contributed by atoms with Crippen LogP contribution >= 0.6 is 0 Å². The predicted molar refractivity (Wildman–Crippen MR) is 74.7 cm³/mol. The first-order valence-corrected chi connectivity index (χ1v) is 6.59. The van der Waals surface area contributed by atoms with Crippen molar-refractivity contribution in [3.8, 4) is 5.75 Å². The maximum atomic E-state index is 11.3. The topological polar surface area (TPSA) is 93.8 Å². The lowest BCUT2D eigenvalue weighted by Gasteiger charge is -2.24. The highest BCUT2D eigenvalue weighted by Gasteiger charge is 2.20. The number of aliphatic hydroxyl groups excluding tert-OH is 1. The summed E-state index contributed by atoms with van der Waals surface area (Å²) in [5, 5.41) is 12.1. The van der Waals surface area contributed by atoms with Crippen molar-refractivity contribution in [2.24, 2.45) is 5.73 Å². The van der Waals surface area contributed by atoms with Crippen LogP contribution in [0.3, 0.4) is 0 Å². The first kappa shape index (κ1) is 14.8. The van der Waals surface area contributed by atoms with Gasteiger partial charge in [-0.05, 0) is 30.2 Å². The molecule has 1 amide bonds. The van der Waals surface area contributed by atoms with Crippen LogP contribution in [0.1, 0.15) is 12.0 Å². The van der Waals surface area contributed by atoms with Gasteiger partial charge in [-0.25, -0.2) is 0 Å². The van der Waals surface area contributed by atoms with Gasteiger partial charge >= 0.3 is 0 Å². The van der Waals surface area contributed by atoms with E-state index in [0.717, 1.165) is 11.3 Å². The van der Waals surface area contributed by atoms with Crippen molar-refractivity contribution >= 4 is 11.6 Å². The molecule has 0 fully saturated rings. The lowest BCUT2D eigenvalue weighted by Crippen LogP contribution is -2.44. The SMILES string of the molecule is COCC(N)C(CO)Oc1ccc2c(c1)CCC(=O)N2. The van der Waals surface area contributed by atoms with E-state index in [1.54, 1.807) is 19.2 Å². The first-order chi connectivity index (χ1) is 9.63. The number of carbonyl (C=O) groups is 1. The van der Waals surface area contributed by atoms with E-state index in [-0.39, 0.29) is 12.5 Å². The van der Waals surface area contributed by atoms with Crippen LogP contribution in [0.4, 0.5) is 5.69 Å². The van der Waals surface area contributed by atoms with Crippen molar-refractivity contribution < 1.29 is 19.4 Å². The van der Waals surface area contributed by atoms with Gasteiger partial charge in [0.15, 0.2) is 0 Å². The monoisotopic (exact) mass is 280 g/mol. The smallest absolute Gasteiger partial charge is 0.224 e. The molecular weight excluding hydrogens is 260 g/mol. The van der Waals surface area contributed by atoms with Crippen molar-refractivity contribution in [2.75, 3.05) is 25.6 Å². The molecule has 2 rings (SSSR count). The Bertz CT molecular complexity index is 478. The fourth-order valence-corrected chi connectivity index (χ4v) is 2.17. The quantitative estimate of drug-likeness (QED) is 0.696. The van der Waals surface area contributed by atoms with E-state index in [2.05, 4.69) is 5.32 Å². The number of fused-ring (bicyclic) bond motifs is 1. The Morgan fingerprint density at radius 3 is 2.95 bits per heavy atom. The summed E-state index contributed by atoms with van der Waals surface area (Å²) in [4.78, 5) is 11.3. The Kier molecular flexibility index (Phi) is 4.94. The molecule has 0 aromatic heterocycles. The number of aliphatic hydroxyl groups is 1. The average molecular weight is 280 g/mol. The highest BCUT2D eigenvalue weighted by Crippen LogP contribution is 2.27. The van der Waals surface area contributed by atoms with Gasteiger partial charge in [-0.15, -0.1) is 0 Å². The second-order valence-electron chi connectivity index (χ2n) is 4.83.